The molecule has 43 nitrogen and oxygen atoms in total. The zero-order valence-corrected chi connectivity index (χ0v) is 50.4. The Morgan fingerprint density at radius 2 is 0.568 bits per heavy atom. The van der Waals surface area contributed by atoms with Gasteiger partial charge in [0.05, 0.1) is 52.9 Å². The monoisotopic (exact) mass is 1400 g/mol. The third-order valence-electron chi connectivity index (χ3n) is 17.4. The van der Waals surface area contributed by atoms with Crippen molar-refractivity contribution in [3.63, 3.8) is 0 Å². The first kappa shape index (κ1) is 78.1. The van der Waals surface area contributed by atoms with Gasteiger partial charge in [-0.2, -0.15) is 0 Å². The van der Waals surface area contributed by atoms with Crippen LogP contribution in [-0.4, -0.2) is 433 Å². The minimum Gasteiger partial charge on any atom is -0.394 e. The lowest BCUT2D eigenvalue weighted by Crippen LogP contribution is -2.70. The van der Waals surface area contributed by atoms with Crippen molar-refractivity contribution in [2.45, 2.75) is 259 Å². The Kier molecular flexibility index (Phi) is 27.9. The molecule has 2 amide bonds. The molecule has 43 heteroatoms. The van der Waals surface area contributed by atoms with E-state index in [4.69, 9.17) is 71.1 Å². The zero-order chi connectivity index (χ0) is 69.9. The van der Waals surface area contributed by atoms with Gasteiger partial charge < -0.3 is 204 Å². The molecule has 0 bridgehead atoms. The lowest BCUT2D eigenvalue weighted by Gasteiger charge is -2.50. The van der Waals surface area contributed by atoms with Crippen LogP contribution in [0.25, 0.3) is 0 Å². The van der Waals surface area contributed by atoms with Crippen LogP contribution in [0, 0.1) is 0 Å². The van der Waals surface area contributed by atoms with Gasteiger partial charge in [-0.15, -0.1) is 0 Å². The summed E-state index contributed by atoms with van der Waals surface area (Å²) in [5.74, 6) is -1.56. The molecule has 1 unspecified atom stereocenters. The van der Waals surface area contributed by atoms with Gasteiger partial charge in [0.15, 0.2) is 50.3 Å². The number of amides is 2. The summed E-state index contributed by atoms with van der Waals surface area (Å²) in [6, 6.07) is -3.28. The van der Waals surface area contributed by atoms with E-state index in [-0.39, 0.29) is 0 Å². The van der Waals surface area contributed by atoms with Crippen molar-refractivity contribution in [2.75, 3.05) is 52.9 Å². The van der Waals surface area contributed by atoms with Gasteiger partial charge in [-0.1, -0.05) is 0 Å². The summed E-state index contributed by atoms with van der Waals surface area (Å²) < 4.78 is 85.1. The van der Waals surface area contributed by atoms with Gasteiger partial charge in [-0.3, -0.25) is 9.59 Å². The molecule has 8 rings (SSSR count). The number of aliphatic hydroxyl groups excluding tert-OH is 24. The third-order valence-corrected chi connectivity index (χ3v) is 17.4. The summed E-state index contributed by atoms with van der Waals surface area (Å²) in [4.78, 5) is 24.4. The van der Waals surface area contributed by atoms with Gasteiger partial charge in [0.2, 0.25) is 11.8 Å². The number of carbonyl (C=O) groups is 2. The first-order valence-electron chi connectivity index (χ1n) is 30.1. The van der Waals surface area contributed by atoms with E-state index >= 15 is 0 Å². The molecule has 40 atom stereocenters. The highest BCUT2D eigenvalue weighted by Gasteiger charge is 2.59. The van der Waals surface area contributed by atoms with Gasteiger partial charge in [0.25, 0.3) is 0 Å². The minimum atomic E-state index is -2.28. The van der Waals surface area contributed by atoms with E-state index in [2.05, 4.69) is 10.6 Å². The highest BCUT2D eigenvalue weighted by atomic mass is 16.8. The molecule has 8 saturated heterocycles. The normalized spacial score (nSPS) is 50.8. The molecule has 0 aromatic carbocycles. The quantitative estimate of drug-likeness (QED) is 0.0427. The zero-order valence-electron chi connectivity index (χ0n) is 50.4. The van der Waals surface area contributed by atoms with Crippen LogP contribution >= 0.6 is 0 Å². The molecule has 0 aromatic rings. The molecule has 0 radical (unpaired) electrons. The molecule has 0 saturated carbocycles. The maximum Gasteiger partial charge on any atom is 0.217 e. The number of nitrogens with one attached hydrogen (secondary N) is 2. The second kappa shape index (κ2) is 33.9. The fourth-order valence-corrected chi connectivity index (χ4v) is 12.1. The van der Waals surface area contributed by atoms with Crippen LogP contribution in [0.3, 0.4) is 0 Å². The summed E-state index contributed by atoms with van der Waals surface area (Å²) in [6.45, 7) is -5.78. The van der Waals surface area contributed by atoms with E-state index in [0.29, 0.717) is 0 Å². The lowest BCUT2D eigenvalue weighted by molar-refractivity contribution is -0.385. The van der Waals surface area contributed by atoms with Crippen LogP contribution in [0.15, 0.2) is 0 Å². The Balaban J connectivity index is 0.921. The number of rotatable bonds is 24. The number of hydrogen-bond donors (Lipinski definition) is 26. The maximum atomic E-state index is 12.5. The van der Waals surface area contributed by atoms with Crippen molar-refractivity contribution in [1.29, 1.82) is 0 Å². The number of hydrogen-bond acceptors (Lipinski definition) is 41. The molecule has 26 N–H and O–H groups in total. The number of ether oxygens (including phenoxy) is 15. The Morgan fingerprint density at radius 1 is 0.274 bits per heavy atom. The van der Waals surface area contributed by atoms with Crippen LogP contribution in [0.1, 0.15) is 13.8 Å². The van der Waals surface area contributed by atoms with Crippen molar-refractivity contribution in [2.24, 2.45) is 0 Å². The van der Waals surface area contributed by atoms with Crippen molar-refractivity contribution >= 4 is 11.8 Å². The Labute approximate surface area is 536 Å². The summed E-state index contributed by atoms with van der Waals surface area (Å²) in [5, 5.41) is 264. The first-order chi connectivity index (χ1) is 44.9. The fraction of sp³-hybridized carbons (Fsp3) is 0.962. The SMILES string of the molecule is CC(=O)N[C@H]1[C@H](O[C@H]2[C@H](O)[C@@H](NC(C)=O)C(O)O[C@@H]2CO)O[C@H](CO)[C@@H](O[C@@H]2O[C@H](CO)[C@@H](O)[C@H](O[C@H]3O[C@H](CO[C@H]4O[C@H](CO)[C@@H](O)[C@H](O[C@H]5O[C@H](CO[C@H]6O[C@H](CO)[C@@H](O)[C@H](O)[C@@H]6O[C@H]6O[C@H](CO)[C@@H](O)[C@H](O)[C@@H]6O)[C@@H](O)[C@H](O)[C@@H]5O)[C@@H]4O)[C@@H](O)[C@H](O)[C@@H]3O)[C@@H]2O)[C@@H]1O. The molecule has 552 valence electrons. The van der Waals surface area contributed by atoms with E-state index in [1.54, 1.807) is 0 Å². The van der Waals surface area contributed by atoms with Gasteiger partial charge in [0, 0.05) is 13.8 Å². The number of aliphatic hydroxyl groups is 24. The van der Waals surface area contributed by atoms with E-state index in [1.807, 2.05) is 0 Å². The first-order valence-corrected chi connectivity index (χ1v) is 30.1. The molecule has 8 aliphatic rings. The topological polar surface area (TPSA) is 682 Å². The second-order valence-corrected chi connectivity index (χ2v) is 23.9. The van der Waals surface area contributed by atoms with Crippen molar-refractivity contribution < 1.29 is 203 Å². The largest absolute Gasteiger partial charge is 0.394 e. The van der Waals surface area contributed by atoms with Gasteiger partial charge >= 0.3 is 0 Å². The maximum absolute atomic E-state index is 12.5. The lowest BCUT2D eigenvalue weighted by atomic mass is 9.94. The molecule has 8 fully saturated rings. The second-order valence-electron chi connectivity index (χ2n) is 23.9. The summed E-state index contributed by atoms with van der Waals surface area (Å²) in [6.07, 6.45) is -74.9. The smallest absolute Gasteiger partial charge is 0.217 e. The Morgan fingerprint density at radius 3 is 1.01 bits per heavy atom. The molecular formula is C52H88N2O41. The van der Waals surface area contributed by atoms with E-state index in [9.17, 15) is 132 Å². The van der Waals surface area contributed by atoms with Crippen LogP contribution in [0.4, 0.5) is 0 Å². The number of carbonyl (C=O) groups excluding carboxylic acids is 2. The van der Waals surface area contributed by atoms with E-state index in [1.165, 1.54) is 0 Å². The van der Waals surface area contributed by atoms with E-state index in [0.717, 1.165) is 13.8 Å². The Hall–Kier alpha value is -2.62. The van der Waals surface area contributed by atoms with Crippen molar-refractivity contribution in [1.82, 2.24) is 10.6 Å². The average Bonchev–Trinajstić information content (AvgIpc) is 0.787. The minimum absolute atomic E-state index is 0.724. The predicted octanol–water partition coefficient (Wildman–Crippen LogP) is -18.2. The van der Waals surface area contributed by atoms with E-state index < -0.39 is 310 Å². The molecule has 8 aliphatic heterocycles. The third kappa shape index (κ3) is 17.0. The molecule has 0 spiro atoms. The van der Waals surface area contributed by atoms with Crippen LogP contribution in [0.5, 0.6) is 0 Å². The fourth-order valence-electron chi connectivity index (χ4n) is 12.1. The summed E-state index contributed by atoms with van der Waals surface area (Å²) in [7, 11) is 0. The Bertz CT molecular complexity index is 2390. The van der Waals surface area contributed by atoms with Gasteiger partial charge in [-0.05, 0) is 0 Å². The van der Waals surface area contributed by atoms with Gasteiger partial charge in [0.1, 0.15) is 195 Å². The molecular weight excluding hydrogens is 1310 g/mol. The molecule has 95 heavy (non-hydrogen) atoms. The van der Waals surface area contributed by atoms with Crippen molar-refractivity contribution in [3.05, 3.63) is 0 Å². The molecule has 0 aliphatic carbocycles. The average molecular weight is 1400 g/mol. The highest BCUT2D eigenvalue weighted by molar-refractivity contribution is 5.73. The van der Waals surface area contributed by atoms with Crippen LogP contribution < -0.4 is 10.6 Å². The van der Waals surface area contributed by atoms with Gasteiger partial charge in [-0.25, -0.2) is 0 Å². The van der Waals surface area contributed by atoms with Crippen molar-refractivity contribution in [3.8, 4) is 0 Å². The van der Waals surface area contributed by atoms with Crippen LogP contribution in [0.2, 0.25) is 0 Å². The summed E-state index contributed by atoms with van der Waals surface area (Å²) >= 11 is 0. The molecule has 0 aromatic heterocycles. The molecule has 8 heterocycles. The van der Waals surface area contributed by atoms with Crippen LogP contribution in [-0.2, 0) is 80.6 Å². The highest BCUT2D eigenvalue weighted by Crippen LogP contribution is 2.38. The standard InChI is InChI=1S/C52H88N2O41/c1-11(61)53-21-29(69)40(17(7-59)83-45(21)80)91-46-22(54-12(2)62)30(70)41(18(8-60)88-46)92-51-39(79)43(28(68)16(6-58)86-51)94-50-37(77)32(72)25(65)19(89-50)9-81-47-38(78)42(27(67)15(5-57)84-47)93-49-36(76)33(73)26(66)20(90-49)10-82-52-44(34(74)24(64)14(4-56)87-52)95-48-35(75)31(71)23(63)13(3-55)85-48/h13-52,55-60,63-80H,3-10H2,1-2H3,(H,53,61)(H,54,62)/t13-,14-,15-,16-,17-,18-,19-,20-,21-,22-,23-,24-,25-,26-,27-,28-,29-,30-,31+,32+,33+,34+,35+,36+,37+,38+,39+,40-,41-,42+,43+,44+,45?,46+,47+,48-,49-,50-,51+,52+/m1/s1. The predicted molar refractivity (Wildman–Crippen MR) is 288 cm³/mol. The summed E-state index contributed by atoms with van der Waals surface area (Å²) in [5.41, 5.74) is 0.